The highest BCUT2D eigenvalue weighted by Gasteiger charge is 2.09. The van der Waals surface area contributed by atoms with Gasteiger partial charge in [-0.05, 0) is 30.7 Å². The average molecular weight is 263 g/mol. The first-order chi connectivity index (χ1) is 8.17. The summed E-state index contributed by atoms with van der Waals surface area (Å²) in [5, 5.41) is 0. The Kier molecular flexibility index (Phi) is 8.90. The molecule has 0 spiro atoms. The lowest BCUT2D eigenvalue weighted by Crippen LogP contribution is -2.03. The van der Waals surface area contributed by atoms with Gasteiger partial charge in [0.2, 0.25) is 0 Å². The Morgan fingerprint density at radius 2 is 2.00 bits per heavy atom. The molecular weight excluding hydrogens is 244 g/mol. The minimum absolute atomic E-state index is 0.161. The van der Waals surface area contributed by atoms with Gasteiger partial charge in [-0.1, -0.05) is 19.9 Å². The van der Waals surface area contributed by atoms with Gasteiger partial charge in [0.25, 0.3) is 0 Å². The number of nitrogens with two attached hydrogens (primary N) is 1. The Balaban J connectivity index is 0.00000121. The van der Waals surface area contributed by atoms with E-state index in [1.165, 1.54) is 6.07 Å². The molecule has 0 atom stereocenters. The molecule has 0 fully saturated rings. The molecule has 4 N–H and O–H groups in total. The predicted molar refractivity (Wildman–Crippen MR) is 67.3 cm³/mol. The van der Waals surface area contributed by atoms with Crippen molar-refractivity contribution in [3.05, 3.63) is 29.3 Å². The predicted octanol–water partition coefficient (Wildman–Crippen LogP) is 2.27. The molecular formula is C11H19FNO3P. The van der Waals surface area contributed by atoms with Crippen LogP contribution in [0.15, 0.2) is 18.2 Å². The first-order valence-corrected chi connectivity index (χ1v) is 6.57. The zero-order chi connectivity index (χ0) is 13.3. The maximum Gasteiger partial charge on any atom is 0.391 e. The standard InChI is InChI=1S/C9H13FNO3P.C2H6/c10-6-8-5-7(3-4-11)1-2-9(8)14-15(12)13;1-2/h1-2,5,12-13H,3-4,6,11H2;1-2H3. The van der Waals surface area contributed by atoms with Crippen LogP contribution >= 0.6 is 8.60 Å². The third kappa shape index (κ3) is 5.94. The number of rotatable bonds is 5. The van der Waals surface area contributed by atoms with Crippen molar-refractivity contribution in [1.29, 1.82) is 0 Å². The summed E-state index contributed by atoms with van der Waals surface area (Å²) in [4.78, 5) is 17.3. The van der Waals surface area contributed by atoms with E-state index in [2.05, 4.69) is 4.52 Å². The van der Waals surface area contributed by atoms with E-state index in [9.17, 15) is 4.39 Å². The largest absolute Gasteiger partial charge is 0.427 e. The number of hydrogen-bond acceptors (Lipinski definition) is 4. The monoisotopic (exact) mass is 263 g/mol. The van der Waals surface area contributed by atoms with Gasteiger partial charge in [-0.25, -0.2) is 4.39 Å². The molecule has 0 radical (unpaired) electrons. The van der Waals surface area contributed by atoms with Crippen LogP contribution in [0.4, 0.5) is 4.39 Å². The Morgan fingerprint density at radius 1 is 1.35 bits per heavy atom. The molecule has 0 saturated heterocycles. The number of hydrogen-bond donors (Lipinski definition) is 3. The van der Waals surface area contributed by atoms with E-state index in [4.69, 9.17) is 15.5 Å². The molecule has 0 saturated carbocycles. The van der Waals surface area contributed by atoms with E-state index in [1.54, 1.807) is 12.1 Å². The molecule has 0 aromatic heterocycles. The lowest BCUT2D eigenvalue weighted by Gasteiger charge is -2.10. The zero-order valence-electron chi connectivity index (χ0n) is 10.1. The summed E-state index contributed by atoms with van der Waals surface area (Å²) in [6.45, 7) is 3.77. The van der Waals surface area contributed by atoms with Gasteiger partial charge in [-0.2, -0.15) is 0 Å². The normalized spacial score (nSPS) is 9.82. The maximum atomic E-state index is 12.6. The molecule has 0 aliphatic heterocycles. The van der Waals surface area contributed by atoms with E-state index in [0.29, 0.717) is 18.5 Å². The Morgan fingerprint density at radius 3 is 2.47 bits per heavy atom. The van der Waals surface area contributed by atoms with Gasteiger partial charge in [0.05, 0.1) is 0 Å². The summed E-state index contributed by atoms with van der Waals surface area (Å²) >= 11 is 0. The van der Waals surface area contributed by atoms with Crippen LogP contribution in [0.2, 0.25) is 0 Å². The van der Waals surface area contributed by atoms with Crippen LogP contribution in [0.5, 0.6) is 5.75 Å². The second kappa shape index (κ2) is 9.31. The molecule has 0 aliphatic rings. The molecule has 0 bridgehead atoms. The van der Waals surface area contributed by atoms with E-state index in [0.717, 1.165) is 5.56 Å². The second-order valence-corrected chi connectivity index (χ2v) is 3.65. The van der Waals surface area contributed by atoms with Gasteiger partial charge in [0.1, 0.15) is 12.4 Å². The van der Waals surface area contributed by atoms with Crippen molar-refractivity contribution in [3.8, 4) is 5.75 Å². The third-order valence-corrected chi connectivity index (χ3v) is 2.24. The van der Waals surface area contributed by atoms with E-state index in [1.807, 2.05) is 13.8 Å². The molecule has 4 nitrogen and oxygen atoms in total. The van der Waals surface area contributed by atoms with Gasteiger partial charge >= 0.3 is 8.60 Å². The molecule has 98 valence electrons. The Labute approximate surface area is 102 Å². The van der Waals surface area contributed by atoms with Crippen molar-refractivity contribution in [1.82, 2.24) is 0 Å². The zero-order valence-corrected chi connectivity index (χ0v) is 11.0. The molecule has 1 rings (SSSR count). The maximum absolute atomic E-state index is 12.6. The van der Waals surface area contributed by atoms with Crippen molar-refractivity contribution in [2.75, 3.05) is 6.54 Å². The Bertz CT molecular complexity index is 324. The number of alkyl halides is 1. The summed E-state index contributed by atoms with van der Waals surface area (Å²) in [7, 11) is -2.51. The average Bonchev–Trinajstić information content (AvgIpc) is 2.33. The van der Waals surface area contributed by atoms with Crippen LogP contribution in [0.3, 0.4) is 0 Å². The van der Waals surface area contributed by atoms with Crippen molar-refractivity contribution >= 4 is 8.60 Å². The highest BCUT2D eigenvalue weighted by molar-refractivity contribution is 7.39. The molecule has 1 aromatic rings. The molecule has 0 amide bonds. The molecule has 0 heterocycles. The SMILES string of the molecule is CC.NCCc1ccc(OP(O)O)c(CF)c1. The summed E-state index contributed by atoms with van der Waals surface area (Å²) in [5.41, 5.74) is 6.57. The smallest absolute Gasteiger partial charge is 0.391 e. The third-order valence-electron chi connectivity index (χ3n) is 1.88. The van der Waals surface area contributed by atoms with Gasteiger partial charge < -0.3 is 20.0 Å². The number of halogens is 1. The second-order valence-electron chi connectivity index (χ2n) is 2.96. The quantitative estimate of drug-likeness (QED) is 0.712. The minimum Gasteiger partial charge on any atom is -0.427 e. The van der Waals surface area contributed by atoms with E-state index in [-0.39, 0.29) is 5.75 Å². The van der Waals surface area contributed by atoms with Gasteiger partial charge in [-0.15, -0.1) is 0 Å². The van der Waals surface area contributed by atoms with Crippen LogP contribution in [0.1, 0.15) is 25.0 Å². The van der Waals surface area contributed by atoms with Crippen LogP contribution < -0.4 is 10.3 Å². The van der Waals surface area contributed by atoms with Crippen molar-refractivity contribution in [2.45, 2.75) is 26.9 Å². The Hall–Kier alpha value is -0.740. The van der Waals surface area contributed by atoms with Crippen molar-refractivity contribution < 1.29 is 18.7 Å². The first-order valence-electron chi connectivity index (χ1n) is 5.41. The summed E-state index contributed by atoms with van der Waals surface area (Å²) in [6, 6.07) is 4.85. The van der Waals surface area contributed by atoms with E-state index >= 15 is 0 Å². The van der Waals surface area contributed by atoms with Crippen molar-refractivity contribution in [3.63, 3.8) is 0 Å². The fraction of sp³-hybridized carbons (Fsp3) is 0.455. The summed E-state index contributed by atoms with van der Waals surface area (Å²) < 4.78 is 17.3. The van der Waals surface area contributed by atoms with Crippen LogP contribution in [-0.4, -0.2) is 16.3 Å². The highest BCUT2D eigenvalue weighted by Crippen LogP contribution is 2.32. The minimum atomic E-state index is -2.51. The molecule has 1 aromatic carbocycles. The molecule has 0 unspecified atom stereocenters. The van der Waals surface area contributed by atoms with Gasteiger partial charge in [0, 0.05) is 5.56 Å². The van der Waals surface area contributed by atoms with Crippen LogP contribution in [0, 0.1) is 0 Å². The lowest BCUT2D eigenvalue weighted by molar-refractivity contribution is 0.369. The van der Waals surface area contributed by atoms with E-state index < -0.39 is 15.3 Å². The molecule has 17 heavy (non-hydrogen) atoms. The number of benzene rings is 1. The van der Waals surface area contributed by atoms with Crippen LogP contribution in [-0.2, 0) is 13.1 Å². The molecule has 0 aliphatic carbocycles. The summed E-state index contributed by atoms with van der Waals surface area (Å²) in [5.74, 6) is 0.161. The topological polar surface area (TPSA) is 75.7 Å². The van der Waals surface area contributed by atoms with Gasteiger partial charge in [0.15, 0.2) is 0 Å². The fourth-order valence-electron chi connectivity index (χ4n) is 1.24. The summed E-state index contributed by atoms with van der Waals surface area (Å²) in [6.07, 6.45) is 0.653. The van der Waals surface area contributed by atoms with Crippen molar-refractivity contribution in [2.24, 2.45) is 5.73 Å². The highest BCUT2D eigenvalue weighted by atomic mass is 31.2. The first kappa shape index (κ1) is 16.3. The lowest BCUT2D eigenvalue weighted by atomic mass is 10.1. The van der Waals surface area contributed by atoms with Crippen LogP contribution in [0.25, 0.3) is 0 Å². The fourth-order valence-corrected chi connectivity index (χ4v) is 1.59. The molecule has 6 heteroatoms. The van der Waals surface area contributed by atoms with Gasteiger partial charge in [-0.3, -0.25) is 0 Å².